The molecule has 0 saturated carbocycles. The van der Waals surface area contributed by atoms with Crippen LogP contribution in [0.4, 0.5) is 127 Å². The second-order valence-corrected chi connectivity index (χ2v) is 10.9. The fraction of sp³-hybridized carbons (Fsp3) is 1.00. The van der Waals surface area contributed by atoms with Crippen LogP contribution in [-0.4, -0.2) is 92.7 Å². The molecule has 0 radical (unpaired) electrons. The summed E-state index contributed by atoms with van der Waals surface area (Å²) in [5.41, 5.74) is -8.18. The largest absolute Gasteiger partial charge is 0.413 e. The average Bonchev–Trinajstić information content (AvgIpc) is 2.84. The van der Waals surface area contributed by atoms with Gasteiger partial charge in [0.2, 0.25) is 0 Å². The van der Waals surface area contributed by atoms with Gasteiger partial charge < -0.3 is 9.79 Å². The Kier molecular flexibility index (Phi) is 11.1. The summed E-state index contributed by atoms with van der Waals surface area (Å²) in [7, 11) is -8.42. The molecule has 296 valence electrons. The molecule has 0 unspecified atom stereocenters. The monoisotopic (exact) mass is 828 g/mol. The summed E-state index contributed by atoms with van der Waals surface area (Å²) in [5.74, 6) is -113. The third-order valence-electron chi connectivity index (χ3n) is 5.87. The Hall–Kier alpha value is -1.88. The molecule has 0 saturated heterocycles. The number of rotatable bonds is 15. The van der Waals surface area contributed by atoms with Crippen molar-refractivity contribution in [1.29, 1.82) is 0 Å². The van der Waals surface area contributed by atoms with E-state index in [1.807, 2.05) is 0 Å². The molecule has 0 aromatic rings. The van der Waals surface area contributed by atoms with E-state index in [1.54, 1.807) is 0 Å². The Morgan fingerprint density at radius 2 is 0.490 bits per heavy atom. The van der Waals surface area contributed by atoms with E-state index in [4.69, 9.17) is 9.79 Å². The SMILES string of the molecule is O=P(O)(O)C(F)(F)C(F)(F)C(F)(F)C(F)(F)C(F)(F)C(F)(F)C(F)(F)C(F)(F)C(F)(F)C(F)(F)C(F)(F)C(F)(F)C(F)(F)CCC(F)(F)F. The maximum Gasteiger partial charge on any atom is 0.413 e. The topological polar surface area (TPSA) is 57.5 Å². The first-order chi connectivity index (χ1) is 20.5. The van der Waals surface area contributed by atoms with Crippen LogP contribution in [0, 0.1) is 0 Å². The highest BCUT2D eigenvalue weighted by Gasteiger charge is 3.00. The van der Waals surface area contributed by atoms with E-state index in [0.29, 0.717) is 0 Å². The molecule has 0 aliphatic rings. The van der Waals surface area contributed by atoms with Crippen molar-refractivity contribution in [3.05, 3.63) is 0 Å². The average molecular weight is 828 g/mol. The molecular weight excluding hydrogens is 822 g/mol. The van der Waals surface area contributed by atoms with Crippen LogP contribution in [0.5, 0.6) is 0 Å². The van der Waals surface area contributed by atoms with Gasteiger partial charge in [0.15, 0.2) is 0 Å². The molecule has 0 atom stereocenters. The lowest BCUT2D eigenvalue weighted by molar-refractivity contribution is -0.481. The van der Waals surface area contributed by atoms with E-state index in [2.05, 4.69) is 0 Å². The summed E-state index contributed by atoms with van der Waals surface area (Å²) in [6, 6.07) is 0. The predicted molar refractivity (Wildman–Crippen MR) is 91.6 cm³/mol. The van der Waals surface area contributed by atoms with Gasteiger partial charge in [-0.2, -0.15) is 127 Å². The van der Waals surface area contributed by atoms with Crippen LogP contribution in [0.2, 0.25) is 0 Å². The number of hydrogen-bond acceptors (Lipinski definition) is 1. The molecule has 0 heterocycles. The standard InChI is InChI=1S/C16H6F29O3P/c17-3(18,1-2-4(19,20)21)5(22,23)6(24,25)7(26,27)8(28,29)9(30,31)10(32,33)11(34,35)12(36,37)13(38,39)14(40,41)15(42,43)16(44,45)49(46,47)48/h1-2H2,(H2,46,47,48). The number of hydrogen-bond donors (Lipinski definition) is 2. The zero-order valence-corrected chi connectivity index (χ0v) is 22.0. The van der Waals surface area contributed by atoms with Crippen LogP contribution in [0.15, 0.2) is 0 Å². The Labute approximate surface area is 246 Å². The Balaban J connectivity index is 7.50. The highest BCUT2D eigenvalue weighted by Crippen LogP contribution is 2.71. The predicted octanol–water partition coefficient (Wildman–Crippen LogP) is 9.72. The van der Waals surface area contributed by atoms with Gasteiger partial charge in [0.1, 0.15) is 0 Å². The Bertz CT molecular complexity index is 1260. The summed E-state index contributed by atoms with van der Waals surface area (Å²) in [6.45, 7) is 0. The van der Waals surface area contributed by atoms with Gasteiger partial charge in [-0.05, 0) is 0 Å². The summed E-state index contributed by atoms with van der Waals surface area (Å²) in [6.07, 6.45) is -13.5. The summed E-state index contributed by atoms with van der Waals surface area (Å²) < 4.78 is 399. The first-order valence-electron chi connectivity index (χ1n) is 10.5. The fourth-order valence-corrected chi connectivity index (χ4v) is 3.34. The molecule has 0 rings (SSSR count). The van der Waals surface area contributed by atoms with Crippen molar-refractivity contribution in [3.8, 4) is 0 Å². The minimum absolute atomic E-state index is 3.47. The summed E-state index contributed by atoms with van der Waals surface area (Å²) in [4.78, 5) is 15.8. The fourth-order valence-electron chi connectivity index (χ4n) is 2.83. The second-order valence-electron chi connectivity index (χ2n) is 9.22. The molecule has 0 aromatic carbocycles. The van der Waals surface area contributed by atoms with Crippen LogP contribution >= 0.6 is 7.60 Å². The number of halogens is 29. The lowest BCUT2D eigenvalue weighted by Gasteiger charge is -2.46. The van der Waals surface area contributed by atoms with E-state index in [-0.39, 0.29) is 0 Å². The maximum atomic E-state index is 13.8. The highest BCUT2D eigenvalue weighted by molar-refractivity contribution is 7.53. The molecular formula is C16H6F29O3P. The van der Waals surface area contributed by atoms with Crippen LogP contribution in [0.1, 0.15) is 12.8 Å². The maximum absolute atomic E-state index is 13.8. The molecule has 0 spiro atoms. The van der Waals surface area contributed by atoms with Crippen LogP contribution in [-0.2, 0) is 4.57 Å². The van der Waals surface area contributed by atoms with E-state index >= 15 is 0 Å². The van der Waals surface area contributed by atoms with Crippen molar-refractivity contribution in [2.45, 2.75) is 95.8 Å². The van der Waals surface area contributed by atoms with Crippen molar-refractivity contribution in [3.63, 3.8) is 0 Å². The Morgan fingerprint density at radius 3 is 0.673 bits per heavy atom. The van der Waals surface area contributed by atoms with Gasteiger partial charge in [-0.1, -0.05) is 0 Å². The normalized spacial score (nSPS) is 17.1. The van der Waals surface area contributed by atoms with Crippen molar-refractivity contribution < 1.29 is 142 Å². The van der Waals surface area contributed by atoms with Gasteiger partial charge >= 0.3 is 90.5 Å². The lowest BCUT2D eigenvalue weighted by Crippen LogP contribution is -2.78. The van der Waals surface area contributed by atoms with Crippen LogP contribution in [0.3, 0.4) is 0 Å². The van der Waals surface area contributed by atoms with Gasteiger partial charge in [-0.15, -0.1) is 0 Å². The molecule has 0 aromatic heterocycles. The van der Waals surface area contributed by atoms with E-state index in [0.717, 1.165) is 0 Å². The van der Waals surface area contributed by atoms with Gasteiger partial charge in [0, 0.05) is 12.8 Å². The third kappa shape index (κ3) is 6.02. The van der Waals surface area contributed by atoms with Gasteiger partial charge in [-0.25, -0.2) is 0 Å². The molecule has 0 fully saturated rings. The van der Waals surface area contributed by atoms with Crippen molar-refractivity contribution >= 4 is 7.60 Å². The van der Waals surface area contributed by atoms with Crippen molar-refractivity contribution in [2.75, 3.05) is 0 Å². The zero-order chi connectivity index (χ0) is 40.9. The molecule has 0 amide bonds. The highest BCUT2D eigenvalue weighted by atomic mass is 31.2. The Morgan fingerprint density at radius 1 is 0.306 bits per heavy atom. The molecule has 3 nitrogen and oxygen atoms in total. The summed E-state index contributed by atoms with van der Waals surface area (Å²) >= 11 is 0. The first-order valence-corrected chi connectivity index (χ1v) is 12.1. The van der Waals surface area contributed by atoms with Crippen molar-refractivity contribution in [2.24, 2.45) is 0 Å². The molecule has 0 aliphatic heterocycles. The zero-order valence-electron chi connectivity index (χ0n) is 21.1. The first kappa shape index (κ1) is 47.1. The quantitative estimate of drug-likeness (QED) is 0.128. The molecule has 49 heavy (non-hydrogen) atoms. The smallest absolute Gasteiger partial charge is 0.320 e. The third-order valence-corrected chi connectivity index (χ3v) is 6.88. The summed E-state index contributed by atoms with van der Waals surface area (Å²) in [5, 5.41) is 0. The second kappa shape index (κ2) is 11.6. The van der Waals surface area contributed by atoms with Gasteiger partial charge in [-0.3, -0.25) is 4.57 Å². The van der Waals surface area contributed by atoms with Gasteiger partial charge in [0.05, 0.1) is 0 Å². The van der Waals surface area contributed by atoms with E-state index in [9.17, 15) is 132 Å². The van der Waals surface area contributed by atoms with E-state index < -0.39 is 103 Å². The van der Waals surface area contributed by atoms with Gasteiger partial charge in [0.25, 0.3) is 0 Å². The number of alkyl halides is 29. The minimum Gasteiger partial charge on any atom is -0.320 e. The molecule has 2 N–H and O–H groups in total. The van der Waals surface area contributed by atoms with E-state index in [1.165, 1.54) is 0 Å². The molecule has 33 heteroatoms. The molecule has 0 bridgehead atoms. The lowest BCUT2D eigenvalue weighted by atomic mass is 9.83. The minimum atomic E-state index is -9.97. The van der Waals surface area contributed by atoms with Crippen LogP contribution < -0.4 is 0 Å². The molecule has 0 aliphatic carbocycles. The van der Waals surface area contributed by atoms with Crippen molar-refractivity contribution in [1.82, 2.24) is 0 Å². The van der Waals surface area contributed by atoms with Crippen LogP contribution in [0.25, 0.3) is 0 Å².